The van der Waals surface area contributed by atoms with Crippen molar-refractivity contribution in [2.24, 2.45) is 0 Å². The van der Waals surface area contributed by atoms with Crippen molar-refractivity contribution < 1.29 is 19.2 Å². The van der Waals surface area contributed by atoms with E-state index in [9.17, 15) is 19.2 Å². The van der Waals surface area contributed by atoms with Crippen LogP contribution in [0.15, 0.2) is 46.6 Å². The number of hydrogen-bond acceptors (Lipinski definition) is 4. The van der Waals surface area contributed by atoms with Crippen LogP contribution in [0.25, 0.3) is 0 Å². The lowest BCUT2D eigenvalue weighted by molar-refractivity contribution is -0.107. The molecule has 0 spiro atoms. The van der Waals surface area contributed by atoms with Crippen LogP contribution in [0, 0.1) is 0 Å². The Labute approximate surface area is 91.6 Å². The Morgan fingerprint density at radius 2 is 0.688 bits per heavy atom. The number of hydrogen-bond donors (Lipinski definition) is 0. The third kappa shape index (κ3) is 2.36. The lowest BCUT2D eigenvalue weighted by atomic mass is 10.0. The lowest BCUT2D eigenvalue weighted by Gasteiger charge is -2.01. The molecule has 1 rings (SSSR count). The molecule has 80 valence electrons. The van der Waals surface area contributed by atoms with Gasteiger partial charge in [0.25, 0.3) is 0 Å². The van der Waals surface area contributed by atoms with Gasteiger partial charge in [-0.1, -0.05) is 24.3 Å². The van der Waals surface area contributed by atoms with Gasteiger partial charge < -0.3 is 0 Å². The fourth-order valence-corrected chi connectivity index (χ4v) is 1.17. The molecule has 0 radical (unpaired) electrons. The number of allylic oxidation sites excluding steroid dienone is 8. The Morgan fingerprint density at radius 1 is 0.500 bits per heavy atom. The van der Waals surface area contributed by atoms with Crippen molar-refractivity contribution in [3.63, 3.8) is 0 Å². The first-order valence-corrected chi connectivity index (χ1v) is 4.42. The first-order valence-electron chi connectivity index (χ1n) is 4.42. The second-order valence-electron chi connectivity index (χ2n) is 2.96. The highest BCUT2D eigenvalue weighted by atomic mass is 16.1. The smallest absolute Gasteiger partial charge is 0.150 e. The zero-order chi connectivity index (χ0) is 12.0. The van der Waals surface area contributed by atoms with E-state index in [0.29, 0.717) is 25.1 Å². The Bertz CT molecular complexity index is 377. The Kier molecular flexibility index (Phi) is 4.03. The Hall–Kier alpha value is -2.36. The van der Waals surface area contributed by atoms with E-state index in [1.165, 1.54) is 24.3 Å². The second-order valence-corrected chi connectivity index (χ2v) is 2.96. The van der Waals surface area contributed by atoms with Crippen molar-refractivity contribution in [2.45, 2.75) is 0 Å². The van der Waals surface area contributed by atoms with E-state index in [1.807, 2.05) is 0 Å². The molecule has 0 saturated heterocycles. The molecule has 0 heterocycles. The summed E-state index contributed by atoms with van der Waals surface area (Å²) >= 11 is 0. The van der Waals surface area contributed by atoms with Crippen LogP contribution in [-0.4, -0.2) is 25.1 Å². The summed E-state index contributed by atoms with van der Waals surface area (Å²) in [6, 6.07) is 0. The third-order valence-corrected chi connectivity index (χ3v) is 2.06. The Morgan fingerprint density at radius 3 is 0.812 bits per heavy atom. The standard InChI is InChI=1S/C12H8O4/c13-5-9-1-2-10(6-14)12(8-16)4-3-11(9)7-15/h1-8H/b2-1-,4-3-,9-1?,10-2?,11-3?,11-9-,12-4?,12-10-. The van der Waals surface area contributed by atoms with Gasteiger partial charge in [0.05, 0.1) is 0 Å². The molecule has 0 N–H and O–H groups in total. The van der Waals surface area contributed by atoms with Gasteiger partial charge in [-0.15, -0.1) is 0 Å². The summed E-state index contributed by atoms with van der Waals surface area (Å²) in [5, 5.41) is 0. The molecule has 0 aliphatic heterocycles. The molecule has 0 amide bonds. The van der Waals surface area contributed by atoms with Crippen molar-refractivity contribution in [1.29, 1.82) is 0 Å². The van der Waals surface area contributed by atoms with Gasteiger partial charge in [-0.25, -0.2) is 0 Å². The van der Waals surface area contributed by atoms with Crippen LogP contribution in [0.2, 0.25) is 0 Å². The van der Waals surface area contributed by atoms with Crippen LogP contribution < -0.4 is 0 Å². The second kappa shape index (κ2) is 5.50. The summed E-state index contributed by atoms with van der Waals surface area (Å²) in [7, 11) is 0. The van der Waals surface area contributed by atoms with Crippen molar-refractivity contribution in [3.05, 3.63) is 46.6 Å². The minimum absolute atomic E-state index is 0.163. The predicted octanol–water partition coefficient (Wildman–Crippen LogP) is 0.501. The largest absolute Gasteiger partial charge is 0.298 e. The number of aldehydes is 4. The molecule has 0 unspecified atom stereocenters. The summed E-state index contributed by atoms with van der Waals surface area (Å²) in [5.41, 5.74) is 0.650. The third-order valence-electron chi connectivity index (χ3n) is 2.06. The van der Waals surface area contributed by atoms with Crippen LogP contribution in [0.4, 0.5) is 0 Å². The molecule has 0 saturated carbocycles. The Balaban J connectivity index is 3.34. The minimum atomic E-state index is 0.163. The van der Waals surface area contributed by atoms with Crippen LogP contribution in [0.1, 0.15) is 0 Å². The monoisotopic (exact) mass is 216 g/mol. The molecule has 4 nitrogen and oxygen atoms in total. The molecule has 1 aliphatic carbocycles. The molecule has 0 bridgehead atoms. The topological polar surface area (TPSA) is 68.3 Å². The molecule has 0 fully saturated rings. The maximum atomic E-state index is 10.7. The van der Waals surface area contributed by atoms with E-state index in [0.717, 1.165) is 0 Å². The first kappa shape index (κ1) is 11.7. The van der Waals surface area contributed by atoms with Gasteiger partial charge in [-0.2, -0.15) is 0 Å². The maximum absolute atomic E-state index is 10.7. The van der Waals surface area contributed by atoms with Gasteiger partial charge >= 0.3 is 0 Å². The molecule has 4 heteroatoms. The highest BCUT2D eigenvalue weighted by molar-refractivity contribution is 5.96. The molecule has 0 aromatic heterocycles. The zero-order valence-electron chi connectivity index (χ0n) is 8.25. The van der Waals surface area contributed by atoms with Crippen LogP contribution in [-0.2, 0) is 19.2 Å². The van der Waals surface area contributed by atoms with Crippen LogP contribution in [0.5, 0.6) is 0 Å². The van der Waals surface area contributed by atoms with Gasteiger partial charge in [0, 0.05) is 22.3 Å². The van der Waals surface area contributed by atoms with Gasteiger partial charge in [-0.3, -0.25) is 19.2 Å². The summed E-state index contributed by atoms with van der Waals surface area (Å²) in [6.07, 6.45) is 7.36. The number of rotatable bonds is 4. The van der Waals surface area contributed by atoms with Gasteiger partial charge in [-0.05, 0) is 0 Å². The molecule has 1 aliphatic rings. The number of carbonyl (C=O) groups excluding carboxylic acids is 4. The molecule has 0 aromatic carbocycles. The molecular weight excluding hydrogens is 208 g/mol. The molecular formula is C12H8O4. The maximum Gasteiger partial charge on any atom is 0.150 e. The van der Waals surface area contributed by atoms with E-state index in [4.69, 9.17) is 0 Å². The van der Waals surface area contributed by atoms with E-state index in [-0.39, 0.29) is 22.3 Å². The van der Waals surface area contributed by atoms with E-state index >= 15 is 0 Å². The fourth-order valence-electron chi connectivity index (χ4n) is 1.17. The van der Waals surface area contributed by atoms with Crippen molar-refractivity contribution in [2.75, 3.05) is 0 Å². The summed E-state index contributed by atoms with van der Waals surface area (Å²) in [5.74, 6) is 0. The van der Waals surface area contributed by atoms with Crippen molar-refractivity contribution in [3.8, 4) is 0 Å². The van der Waals surface area contributed by atoms with Crippen molar-refractivity contribution >= 4 is 25.1 Å². The molecule has 0 aromatic rings. The average molecular weight is 216 g/mol. The average Bonchev–Trinajstić information content (AvgIpc) is 2.30. The minimum Gasteiger partial charge on any atom is -0.298 e. The van der Waals surface area contributed by atoms with E-state index < -0.39 is 0 Å². The van der Waals surface area contributed by atoms with E-state index in [1.54, 1.807) is 0 Å². The lowest BCUT2D eigenvalue weighted by Crippen LogP contribution is -1.97. The highest BCUT2D eigenvalue weighted by Gasteiger charge is 2.06. The van der Waals surface area contributed by atoms with Crippen LogP contribution in [0.3, 0.4) is 0 Å². The normalized spacial score (nSPS) is 28.5. The molecule has 0 atom stereocenters. The van der Waals surface area contributed by atoms with E-state index in [2.05, 4.69) is 0 Å². The SMILES string of the molecule is O=CC1=C(C=O)/C=C\C(C=O)=C(C=O)/C=C\1. The summed E-state index contributed by atoms with van der Waals surface area (Å²) in [6.45, 7) is 0. The van der Waals surface area contributed by atoms with Gasteiger partial charge in [0.2, 0.25) is 0 Å². The first-order chi connectivity index (χ1) is 7.76. The molecule has 16 heavy (non-hydrogen) atoms. The summed E-state index contributed by atoms with van der Waals surface area (Å²) < 4.78 is 0. The van der Waals surface area contributed by atoms with Gasteiger partial charge in [0.1, 0.15) is 0 Å². The quantitative estimate of drug-likeness (QED) is 0.642. The highest BCUT2D eigenvalue weighted by Crippen LogP contribution is 2.13. The van der Waals surface area contributed by atoms with Gasteiger partial charge in [0.15, 0.2) is 25.1 Å². The summed E-state index contributed by atoms with van der Waals surface area (Å²) in [4.78, 5) is 42.7. The predicted molar refractivity (Wildman–Crippen MR) is 56.6 cm³/mol. The number of carbonyl (C=O) groups is 4. The van der Waals surface area contributed by atoms with Crippen molar-refractivity contribution in [1.82, 2.24) is 0 Å². The fraction of sp³-hybridized carbons (Fsp3) is 0. The van der Waals surface area contributed by atoms with Crippen LogP contribution >= 0.6 is 0 Å². The zero-order valence-corrected chi connectivity index (χ0v) is 8.25.